The van der Waals surface area contributed by atoms with Crippen LogP contribution in [0.25, 0.3) is 22.0 Å². The number of rotatable bonds is 7. The second kappa shape index (κ2) is 11.5. The van der Waals surface area contributed by atoms with Crippen LogP contribution in [-0.4, -0.2) is 65.6 Å². The summed E-state index contributed by atoms with van der Waals surface area (Å²) in [6.07, 6.45) is -0.694. The number of fused-ring (bicyclic) bond motifs is 1. The second-order valence-corrected chi connectivity index (χ2v) is 9.51. The molecule has 2 aromatic carbocycles. The third kappa shape index (κ3) is 5.99. The van der Waals surface area contributed by atoms with Crippen LogP contribution < -0.4 is 15.0 Å². The van der Waals surface area contributed by atoms with E-state index in [-0.39, 0.29) is 18.3 Å². The Morgan fingerprint density at radius 1 is 1.02 bits per heavy atom. The van der Waals surface area contributed by atoms with E-state index in [2.05, 4.69) is 20.3 Å². The molecule has 8 nitrogen and oxygen atoms in total. The van der Waals surface area contributed by atoms with Gasteiger partial charge in [0.25, 0.3) is 0 Å². The second-order valence-electron chi connectivity index (χ2n) is 9.51. The maximum atomic E-state index is 13.4. The Labute approximate surface area is 229 Å². The molecule has 1 aliphatic rings. The van der Waals surface area contributed by atoms with Crippen molar-refractivity contribution in [1.82, 2.24) is 19.9 Å². The highest BCUT2D eigenvalue weighted by Gasteiger charge is 2.36. The van der Waals surface area contributed by atoms with Gasteiger partial charge in [0.1, 0.15) is 17.4 Å². The van der Waals surface area contributed by atoms with Crippen molar-refractivity contribution in [3.8, 4) is 17.0 Å². The van der Waals surface area contributed by atoms with Crippen LogP contribution in [0.4, 0.5) is 24.7 Å². The minimum Gasteiger partial charge on any atom is -0.497 e. The molecule has 1 amide bonds. The highest BCUT2D eigenvalue weighted by atomic mass is 19.4. The molecule has 0 bridgehead atoms. The largest absolute Gasteiger partial charge is 0.497 e. The molecule has 1 N–H and O–H groups in total. The lowest BCUT2D eigenvalue weighted by atomic mass is 10.0. The number of carbonyl (C=O) groups is 1. The van der Waals surface area contributed by atoms with Gasteiger partial charge in [-0.1, -0.05) is 13.0 Å². The fourth-order valence-electron chi connectivity index (χ4n) is 4.83. The van der Waals surface area contributed by atoms with E-state index >= 15 is 0 Å². The van der Waals surface area contributed by atoms with Gasteiger partial charge in [0.2, 0.25) is 5.91 Å². The summed E-state index contributed by atoms with van der Waals surface area (Å²) in [6.45, 7) is 3.61. The van der Waals surface area contributed by atoms with Gasteiger partial charge in [-0.05, 0) is 47.9 Å². The van der Waals surface area contributed by atoms with Gasteiger partial charge in [0.05, 0.1) is 24.9 Å². The number of methoxy groups -OCH3 is 1. The molecule has 0 atom stereocenters. The molecule has 1 fully saturated rings. The van der Waals surface area contributed by atoms with Gasteiger partial charge in [-0.2, -0.15) is 13.2 Å². The standard InChI is InChI=1S/C29H29F3N6O2/c1-3-26-33-10-8-24(35-26)20-15-19-6-7-21(40-2)17-22(19)25(16-20)36-27(39)18-37-11-13-38(14-12-37)28-23(29(30,31)32)5-4-9-34-28/h4-10,15-17H,3,11-14,18H2,1-2H3,(H,36,39). The van der Waals surface area contributed by atoms with Crippen molar-refractivity contribution in [3.05, 3.63) is 72.3 Å². The molecule has 5 rings (SSSR count). The maximum Gasteiger partial charge on any atom is 0.419 e. The van der Waals surface area contributed by atoms with Crippen molar-refractivity contribution in [3.63, 3.8) is 0 Å². The monoisotopic (exact) mass is 550 g/mol. The lowest BCUT2D eigenvalue weighted by Gasteiger charge is -2.36. The summed E-state index contributed by atoms with van der Waals surface area (Å²) in [5.74, 6) is 1.09. The van der Waals surface area contributed by atoms with Gasteiger partial charge in [-0.15, -0.1) is 0 Å². The number of piperazine rings is 1. The predicted octanol–water partition coefficient (Wildman–Crippen LogP) is 5.04. The molecular formula is C29H29F3N6O2. The number of carbonyl (C=O) groups excluding carboxylic acids is 1. The van der Waals surface area contributed by atoms with Crippen LogP contribution >= 0.6 is 0 Å². The molecule has 3 heterocycles. The first-order valence-electron chi connectivity index (χ1n) is 13.0. The van der Waals surface area contributed by atoms with E-state index in [1.54, 1.807) is 18.2 Å². The van der Waals surface area contributed by atoms with Crippen molar-refractivity contribution < 1.29 is 22.7 Å². The normalized spacial score (nSPS) is 14.4. The van der Waals surface area contributed by atoms with Gasteiger partial charge < -0.3 is 15.0 Å². The lowest BCUT2D eigenvalue weighted by molar-refractivity contribution is -0.137. The summed E-state index contributed by atoms with van der Waals surface area (Å²) >= 11 is 0. The highest BCUT2D eigenvalue weighted by Crippen LogP contribution is 2.36. The number of halogens is 3. The number of aromatic nitrogens is 3. The van der Waals surface area contributed by atoms with Gasteiger partial charge in [0.15, 0.2) is 0 Å². The summed E-state index contributed by atoms with van der Waals surface area (Å²) in [5.41, 5.74) is 1.46. The Balaban J connectivity index is 1.32. The molecule has 4 aromatic rings. The Bertz CT molecular complexity index is 1520. The van der Waals surface area contributed by atoms with Crippen molar-refractivity contribution >= 4 is 28.2 Å². The topological polar surface area (TPSA) is 83.5 Å². The third-order valence-electron chi connectivity index (χ3n) is 6.88. The number of ether oxygens (including phenoxy) is 1. The molecule has 40 heavy (non-hydrogen) atoms. The van der Waals surface area contributed by atoms with Gasteiger partial charge in [-0.3, -0.25) is 9.69 Å². The van der Waals surface area contributed by atoms with Crippen LogP contribution in [0.15, 0.2) is 60.9 Å². The highest BCUT2D eigenvalue weighted by molar-refractivity contribution is 6.05. The number of benzene rings is 2. The zero-order valence-corrected chi connectivity index (χ0v) is 22.2. The molecule has 0 spiro atoms. The molecule has 0 aliphatic carbocycles. The molecule has 1 saturated heterocycles. The van der Waals surface area contributed by atoms with E-state index in [0.29, 0.717) is 44.0 Å². The predicted molar refractivity (Wildman–Crippen MR) is 147 cm³/mol. The quantitative estimate of drug-likeness (QED) is 0.345. The average Bonchev–Trinajstić information content (AvgIpc) is 2.97. The van der Waals surface area contributed by atoms with Gasteiger partial charge in [-0.25, -0.2) is 15.0 Å². The number of nitrogens with one attached hydrogen (secondary N) is 1. The van der Waals surface area contributed by atoms with E-state index in [1.165, 1.54) is 12.3 Å². The van der Waals surface area contributed by atoms with Crippen molar-refractivity contribution in [1.29, 1.82) is 0 Å². The summed E-state index contributed by atoms with van der Waals surface area (Å²) in [5, 5.41) is 4.77. The Morgan fingerprint density at radius 3 is 2.55 bits per heavy atom. The number of hydrogen-bond donors (Lipinski definition) is 1. The van der Waals surface area contributed by atoms with Crippen LogP contribution in [0.3, 0.4) is 0 Å². The smallest absolute Gasteiger partial charge is 0.419 e. The van der Waals surface area contributed by atoms with E-state index in [0.717, 1.165) is 33.9 Å². The Morgan fingerprint density at radius 2 is 1.82 bits per heavy atom. The number of nitrogens with zero attached hydrogens (tertiary/aromatic N) is 5. The number of alkyl halides is 3. The van der Waals surface area contributed by atoms with E-state index in [1.807, 2.05) is 48.2 Å². The number of pyridine rings is 1. The summed E-state index contributed by atoms with van der Waals surface area (Å²) < 4.78 is 45.7. The van der Waals surface area contributed by atoms with Crippen molar-refractivity contribution in [2.45, 2.75) is 19.5 Å². The fourth-order valence-corrected chi connectivity index (χ4v) is 4.83. The average molecular weight is 551 g/mol. The number of hydrogen-bond acceptors (Lipinski definition) is 7. The zero-order valence-electron chi connectivity index (χ0n) is 22.2. The molecular weight excluding hydrogens is 521 g/mol. The Hall–Kier alpha value is -4.25. The molecule has 2 aromatic heterocycles. The minimum atomic E-state index is -4.48. The van der Waals surface area contributed by atoms with Crippen molar-refractivity contribution in [2.24, 2.45) is 0 Å². The molecule has 0 unspecified atom stereocenters. The first kappa shape index (κ1) is 27.3. The summed E-state index contributed by atoms with van der Waals surface area (Å²) in [7, 11) is 1.59. The first-order chi connectivity index (χ1) is 19.2. The molecule has 1 aliphatic heterocycles. The number of anilines is 2. The lowest BCUT2D eigenvalue weighted by Crippen LogP contribution is -2.49. The molecule has 11 heteroatoms. The molecule has 208 valence electrons. The molecule has 0 radical (unpaired) electrons. The minimum absolute atomic E-state index is 0.0766. The summed E-state index contributed by atoms with van der Waals surface area (Å²) in [4.78, 5) is 29.6. The van der Waals surface area contributed by atoms with Crippen LogP contribution in [0, 0.1) is 0 Å². The van der Waals surface area contributed by atoms with Gasteiger partial charge >= 0.3 is 6.18 Å². The number of aryl methyl sites for hydroxylation is 1. The summed E-state index contributed by atoms with van der Waals surface area (Å²) in [6, 6.07) is 13.7. The van der Waals surface area contributed by atoms with Gasteiger partial charge in [0, 0.05) is 61.6 Å². The molecule has 0 saturated carbocycles. The van der Waals surface area contributed by atoms with Crippen molar-refractivity contribution in [2.75, 3.05) is 50.1 Å². The van der Waals surface area contributed by atoms with E-state index in [4.69, 9.17) is 4.74 Å². The maximum absolute atomic E-state index is 13.4. The third-order valence-corrected chi connectivity index (χ3v) is 6.88. The van der Waals surface area contributed by atoms with Crippen LogP contribution in [0.2, 0.25) is 0 Å². The van der Waals surface area contributed by atoms with E-state index < -0.39 is 11.7 Å². The fraction of sp³-hybridized carbons (Fsp3) is 0.310. The Kier molecular flexibility index (Phi) is 7.83. The van der Waals surface area contributed by atoms with Crippen LogP contribution in [0.1, 0.15) is 18.3 Å². The van der Waals surface area contributed by atoms with Crippen LogP contribution in [0.5, 0.6) is 5.75 Å². The zero-order chi connectivity index (χ0) is 28.3. The number of amides is 1. The van der Waals surface area contributed by atoms with E-state index in [9.17, 15) is 18.0 Å². The SMILES string of the molecule is CCc1nccc(-c2cc(NC(=O)CN3CCN(c4ncccc4C(F)(F)F)CC3)c3cc(OC)ccc3c2)n1. The first-order valence-corrected chi connectivity index (χ1v) is 13.0. The van der Waals surface area contributed by atoms with Crippen LogP contribution in [-0.2, 0) is 17.4 Å².